The van der Waals surface area contributed by atoms with E-state index in [4.69, 9.17) is 4.74 Å². The third kappa shape index (κ3) is 4.49. The van der Waals surface area contributed by atoms with E-state index in [9.17, 15) is 18.0 Å². The van der Waals surface area contributed by atoms with Crippen LogP contribution in [0.4, 0.5) is 0 Å². The molecule has 1 aliphatic rings. The van der Waals surface area contributed by atoms with Crippen LogP contribution < -0.4 is 9.46 Å². The minimum Gasteiger partial charge on any atom is -0.495 e. The second-order valence-electron chi connectivity index (χ2n) is 5.93. The topological polar surface area (TPSA) is 96.0 Å². The number of nitrogens with one attached hydrogen (secondary N) is 1. The molecule has 1 saturated heterocycles. The summed E-state index contributed by atoms with van der Waals surface area (Å²) in [6, 6.07) is 3.19. The molecule has 25 heavy (non-hydrogen) atoms. The molecule has 1 heterocycles. The predicted octanol–water partition coefficient (Wildman–Crippen LogP) is -0.109. The first-order chi connectivity index (χ1) is 11.8. The van der Waals surface area contributed by atoms with E-state index in [-0.39, 0.29) is 23.1 Å². The molecule has 1 aromatic rings. The monoisotopic (exact) mass is 369 g/mol. The first-order valence-corrected chi connectivity index (χ1v) is 9.39. The quantitative estimate of drug-likeness (QED) is 0.706. The fourth-order valence-electron chi connectivity index (χ4n) is 2.56. The van der Waals surface area contributed by atoms with Gasteiger partial charge in [-0.25, -0.2) is 13.1 Å². The van der Waals surface area contributed by atoms with Crippen LogP contribution in [0.1, 0.15) is 11.1 Å². The highest BCUT2D eigenvalue weighted by atomic mass is 32.2. The lowest BCUT2D eigenvalue weighted by Crippen LogP contribution is -2.50. The van der Waals surface area contributed by atoms with Gasteiger partial charge < -0.3 is 14.5 Å². The van der Waals surface area contributed by atoms with E-state index >= 15 is 0 Å². The maximum Gasteiger partial charge on any atom is 0.244 e. The standard InChI is InChI=1S/C16H23N3O5S/c1-12-8-14(24-3)15(9-13(12)2)25(22,23)17-10-16(21)19-6-4-18(11-20)5-7-19/h8-9,11,17H,4-7,10H2,1-3H3. The SMILES string of the molecule is COc1cc(C)c(C)cc1S(=O)(=O)NCC(=O)N1CCN(C=O)CC1. The number of amides is 2. The number of hydrogen-bond donors (Lipinski definition) is 1. The minimum atomic E-state index is -3.88. The molecule has 0 atom stereocenters. The van der Waals surface area contributed by atoms with Crippen molar-refractivity contribution in [2.75, 3.05) is 39.8 Å². The molecule has 8 nitrogen and oxygen atoms in total. The zero-order valence-electron chi connectivity index (χ0n) is 14.6. The van der Waals surface area contributed by atoms with Gasteiger partial charge in [-0.05, 0) is 37.1 Å². The van der Waals surface area contributed by atoms with E-state index in [1.165, 1.54) is 13.2 Å². The van der Waals surface area contributed by atoms with Gasteiger partial charge in [0.15, 0.2) is 0 Å². The van der Waals surface area contributed by atoms with E-state index in [1.807, 2.05) is 13.8 Å². The number of aryl methyl sites for hydroxylation is 2. The van der Waals surface area contributed by atoms with Crippen LogP contribution in [-0.2, 0) is 19.6 Å². The van der Waals surface area contributed by atoms with Crippen molar-refractivity contribution < 1.29 is 22.7 Å². The summed E-state index contributed by atoms with van der Waals surface area (Å²) in [4.78, 5) is 26.0. The number of rotatable bonds is 6. The van der Waals surface area contributed by atoms with Crippen LogP contribution in [0.15, 0.2) is 17.0 Å². The normalized spacial score (nSPS) is 15.2. The van der Waals surface area contributed by atoms with Crippen molar-refractivity contribution in [1.29, 1.82) is 0 Å². The summed E-state index contributed by atoms with van der Waals surface area (Å²) in [5.74, 6) is -0.0837. The average Bonchev–Trinajstić information content (AvgIpc) is 2.61. The Morgan fingerprint density at radius 1 is 1.20 bits per heavy atom. The number of carbonyl (C=O) groups excluding carboxylic acids is 2. The van der Waals surface area contributed by atoms with E-state index < -0.39 is 10.0 Å². The highest BCUT2D eigenvalue weighted by Crippen LogP contribution is 2.27. The molecule has 1 fully saturated rings. The Kier molecular flexibility index (Phi) is 6.02. The lowest BCUT2D eigenvalue weighted by Gasteiger charge is -2.32. The van der Waals surface area contributed by atoms with Gasteiger partial charge in [0.05, 0.1) is 13.7 Å². The van der Waals surface area contributed by atoms with Crippen LogP contribution >= 0.6 is 0 Å². The van der Waals surface area contributed by atoms with Gasteiger partial charge in [-0.2, -0.15) is 0 Å². The molecule has 0 radical (unpaired) electrons. The maximum atomic E-state index is 12.5. The van der Waals surface area contributed by atoms with Crippen LogP contribution in [0.25, 0.3) is 0 Å². The molecule has 0 aliphatic carbocycles. The molecule has 0 unspecified atom stereocenters. The van der Waals surface area contributed by atoms with Crippen LogP contribution in [0.3, 0.4) is 0 Å². The summed E-state index contributed by atoms with van der Waals surface area (Å²) < 4.78 is 32.6. The number of piperazine rings is 1. The van der Waals surface area contributed by atoms with Gasteiger partial charge in [0.1, 0.15) is 10.6 Å². The van der Waals surface area contributed by atoms with Gasteiger partial charge in [0.25, 0.3) is 0 Å². The van der Waals surface area contributed by atoms with Crippen molar-refractivity contribution in [2.45, 2.75) is 18.7 Å². The number of sulfonamides is 1. The first kappa shape index (κ1) is 19.2. The molecule has 0 bridgehead atoms. The van der Waals surface area contributed by atoms with Crippen LogP contribution in [0.2, 0.25) is 0 Å². The smallest absolute Gasteiger partial charge is 0.244 e. The molecule has 2 amide bonds. The molecule has 2 rings (SSSR count). The lowest BCUT2D eigenvalue weighted by atomic mass is 10.1. The Hall–Kier alpha value is -2.13. The fraction of sp³-hybridized carbons (Fsp3) is 0.500. The Bertz CT molecular complexity index is 755. The molecule has 1 N–H and O–H groups in total. The number of benzene rings is 1. The fourth-order valence-corrected chi connectivity index (χ4v) is 3.76. The third-order valence-corrected chi connectivity index (χ3v) is 5.72. The zero-order valence-corrected chi connectivity index (χ0v) is 15.4. The predicted molar refractivity (Wildman–Crippen MR) is 91.9 cm³/mol. The summed E-state index contributed by atoms with van der Waals surface area (Å²) in [6.07, 6.45) is 0.747. The van der Waals surface area contributed by atoms with Gasteiger partial charge in [-0.1, -0.05) is 0 Å². The van der Waals surface area contributed by atoms with E-state index in [1.54, 1.807) is 15.9 Å². The summed E-state index contributed by atoms with van der Waals surface area (Å²) in [5, 5.41) is 0. The van der Waals surface area contributed by atoms with Crippen LogP contribution in [0, 0.1) is 13.8 Å². The molecular weight excluding hydrogens is 346 g/mol. The van der Waals surface area contributed by atoms with Gasteiger partial charge >= 0.3 is 0 Å². The van der Waals surface area contributed by atoms with Crippen LogP contribution in [-0.4, -0.2) is 70.4 Å². The first-order valence-electron chi connectivity index (χ1n) is 7.90. The van der Waals surface area contributed by atoms with Crippen molar-refractivity contribution in [2.24, 2.45) is 0 Å². The molecule has 0 spiro atoms. The second-order valence-corrected chi connectivity index (χ2v) is 7.67. The highest BCUT2D eigenvalue weighted by molar-refractivity contribution is 7.89. The number of methoxy groups -OCH3 is 1. The van der Waals surface area contributed by atoms with E-state index in [2.05, 4.69) is 4.72 Å². The van der Waals surface area contributed by atoms with Crippen LogP contribution in [0.5, 0.6) is 5.75 Å². The molecule has 1 aliphatic heterocycles. The number of carbonyl (C=O) groups is 2. The Labute approximate surface area is 147 Å². The van der Waals surface area contributed by atoms with Crippen molar-refractivity contribution >= 4 is 22.3 Å². The third-order valence-electron chi connectivity index (χ3n) is 4.30. The highest BCUT2D eigenvalue weighted by Gasteiger charge is 2.24. The summed E-state index contributed by atoms with van der Waals surface area (Å²) in [5.41, 5.74) is 1.73. The zero-order chi connectivity index (χ0) is 18.6. The van der Waals surface area contributed by atoms with Gasteiger partial charge in [0.2, 0.25) is 22.3 Å². The lowest BCUT2D eigenvalue weighted by molar-refractivity contribution is -0.134. The summed E-state index contributed by atoms with van der Waals surface area (Å²) >= 11 is 0. The Balaban J connectivity index is 2.06. The van der Waals surface area contributed by atoms with E-state index in [0.29, 0.717) is 26.2 Å². The molecule has 0 aromatic heterocycles. The van der Waals surface area contributed by atoms with Crippen molar-refractivity contribution in [3.05, 3.63) is 23.3 Å². The van der Waals surface area contributed by atoms with E-state index in [0.717, 1.165) is 17.5 Å². The van der Waals surface area contributed by atoms with Gasteiger partial charge in [0, 0.05) is 26.2 Å². The Morgan fingerprint density at radius 3 is 2.36 bits per heavy atom. The molecule has 0 saturated carbocycles. The minimum absolute atomic E-state index is 0.0108. The number of nitrogens with zero attached hydrogens (tertiary/aromatic N) is 2. The molecule has 138 valence electrons. The van der Waals surface area contributed by atoms with Crippen molar-refractivity contribution in [1.82, 2.24) is 14.5 Å². The van der Waals surface area contributed by atoms with Crippen molar-refractivity contribution in [3.8, 4) is 5.75 Å². The molecule has 9 heteroatoms. The largest absolute Gasteiger partial charge is 0.495 e. The maximum absolute atomic E-state index is 12.5. The number of ether oxygens (including phenoxy) is 1. The molecule has 1 aromatic carbocycles. The Morgan fingerprint density at radius 2 is 1.80 bits per heavy atom. The molecular formula is C16H23N3O5S. The van der Waals surface area contributed by atoms with Gasteiger partial charge in [-0.3, -0.25) is 9.59 Å². The second kappa shape index (κ2) is 7.83. The van der Waals surface area contributed by atoms with Crippen molar-refractivity contribution in [3.63, 3.8) is 0 Å². The number of hydrogen-bond acceptors (Lipinski definition) is 5. The summed E-state index contributed by atoms with van der Waals surface area (Å²) in [7, 11) is -2.48. The van der Waals surface area contributed by atoms with Gasteiger partial charge in [-0.15, -0.1) is 0 Å². The summed E-state index contributed by atoms with van der Waals surface area (Å²) in [6.45, 7) is 5.04. The average molecular weight is 369 g/mol.